The van der Waals surface area contributed by atoms with Crippen LogP contribution in [0.15, 0.2) is 73.3 Å². The molecule has 3 aromatic rings. The summed E-state index contributed by atoms with van der Waals surface area (Å²) in [6.45, 7) is 1.45. The van der Waals surface area contributed by atoms with Gasteiger partial charge in [-0.15, -0.1) is 0 Å². The summed E-state index contributed by atoms with van der Waals surface area (Å²) in [5.74, 6) is 0. The highest BCUT2D eigenvalue weighted by atomic mass is 16.5. The lowest BCUT2D eigenvalue weighted by atomic mass is 9.86. The van der Waals surface area contributed by atoms with Gasteiger partial charge in [-0.3, -0.25) is 0 Å². The Morgan fingerprint density at radius 1 is 1.05 bits per heavy atom. The highest BCUT2D eigenvalue weighted by molar-refractivity contribution is 5.37. The number of nitrogens with zero attached hydrogens (tertiary/aromatic N) is 2. The summed E-state index contributed by atoms with van der Waals surface area (Å²) in [6, 6.07) is 19.1. The van der Waals surface area contributed by atoms with Gasteiger partial charge in [0.25, 0.3) is 0 Å². The fourth-order valence-electron chi connectivity index (χ4n) is 3.32. The molecule has 0 spiro atoms. The van der Waals surface area contributed by atoms with Crippen LogP contribution in [0.2, 0.25) is 0 Å². The Labute approximate surface area is 130 Å². The third kappa shape index (κ3) is 2.34. The second-order valence-corrected chi connectivity index (χ2v) is 5.84. The molecule has 110 valence electrons. The number of ether oxygens (including phenoxy) is 1. The van der Waals surface area contributed by atoms with Crippen LogP contribution < -0.4 is 0 Å². The topological polar surface area (TPSA) is 27.1 Å². The highest BCUT2D eigenvalue weighted by Gasteiger charge is 2.40. The van der Waals surface area contributed by atoms with Gasteiger partial charge in [-0.25, -0.2) is 4.98 Å². The molecule has 2 aromatic carbocycles. The minimum Gasteiger partial charge on any atom is -0.363 e. The van der Waals surface area contributed by atoms with Crippen molar-refractivity contribution in [1.29, 1.82) is 0 Å². The zero-order valence-corrected chi connectivity index (χ0v) is 12.4. The van der Waals surface area contributed by atoms with Crippen molar-refractivity contribution in [2.75, 3.05) is 0 Å². The maximum Gasteiger partial charge on any atom is 0.116 e. The molecule has 1 aromatic heterocycles. The minimum absolute atomic E-state index is 0.321. The van der Waals surface area contributed by atoms with Crippen LogP contribution in [0.25, 0.3) is 0 Å². The molecule has 1 aliphatic heterocycles. The Hall–Kier alpha value is -2.39. The predicted octanol–water partition coefficient (Wildman–Crippen LogP) is 3.55. The number of rotatable bonds is 4. The highest BCUT2D eigenvalue weighted by Crippen LogP contribution is 2.40. The van der Waals surface area contributed by atoms with Crippen LogP contribution in [-0.2, 0) is 29.9 Å². The molecule has 0 N–H and O–H groups in total. The molecule has 1 aliphatic rings. The van der Waals surface area contributed by atoms with E-state index < -0.39 is 0 Å². The Kier molecular flexibility index (Phi) is 3.28. The first-order valence-corrected chi connectivity index (χ1v) is 7.58. The van der Waals surface area contributed by atoms with Gasteiger partial charge >= 0.3 is 0 Å². The maximum atomic E-state index is 6.34. The summed E-state index contributed by atoms with van der Waals surface area (Å²) in [5, 5.41) is 0. The first-order chi connectivity index (χ1) is 10.9. The molecule has 0 bridgehead atoms. The van der Waals surface area contributed by atoms with Gasteiger partial charge in [0.2, 0.25) is 0 Å². The van der Waals surface area contributed by atoms with Crippen molar-refractivity contribution in [3.63, 3.8) is 0 Å². The van der Waals surface area contributed by atoms with E-state index in [0.29, 0.717) is 6.61 Å². The van der Waals surface area contributed by atoms with E-state index in [-0.39, 0.29) is 5.60 Å². The van der Waals surface area contributed by atoms with Crippen LogP contribution in [0.3, 0.4) is 0 Å². The van der Waals surface area contributed by atoms with Gasteiger partial charge in [-0.05, 0) is 16.7 Å². The summed E-state index contributed by atoms with van der Waals surface area (Å²) in [5.41, 5.74) is 3.56. The van der Waals surface area contributed by atoms with Crippen LogP contribution in [0.1, 0.15) is 16.7 Å². The van der Waals surface area contributed by atoms with Gasteiger partial charge in [0.05, 0.1) is 19.5 Å². The van der Waals surface area contributed by atoms with E-state index in [9.17, 15) is 0 Å². The van der Waals surface area contributed by atoms with Crippen molar-refractivity contribution in [1.82, 2.24) is 9.55 Å². The van der Waals surface area contributed by atoms with Crippen LogP contribution in [0.4, 0.5) is 0 Å². The first-order valence-electron chi connectivity index (χ1n) is 7.58. The largest absolute Gasteiger partial charge is 0.363 e. The second kappa shape index (κ2) is 5.43. The molecule has 4 rings (SSSR count). The Bertz CT molecular complexity index is 752. The molecule has 0 aliphatic carbocycles. The standard InChI is InChI=1S/C19H18N2O/c1-2-6-16(7-3-1)12-19(14-21-11-10-20-15-21)18-9-5-4-8-17(18)13-22-19/h1-11,15H,12-14H2. The van der Waals surface area contributed by atoms with Gasteiger partial charge in [0.15, 0.2) is 0 Å². The van der Waals surface area contributed by atoms with Gasteiger partial charge < -0.3 is 9.30 Å². The van der Waals surface area contributed by atoms with Crippen LogP contribution in [0, 0.1) is 0 Å². The summed E-state index contributed by atoms with van der Waals surface area (Å²) >= 11 is 0. The summed E-state index contributed by atoms with van der Waals surface area (Å²) in [6.07, 6.45) is 6.54. The summed E-state index contributed by atoms with van der Waals surface area (Å²) in [4.78, 5) is 4.17. The number of imidazole rings is 1. The monoisotopic (exact) mass is 290 g/mol. The SMILES string of the molecule is c1ccc(CC2(Cn3ccnc3)OCc3ccccc32)cc1. The van der Waals surface area contributed by atoms with Crippen LogP contribution in [-0.4, -0.2) is 9.55 Å². The molecule has 0 fully saturated rings. The molecule has 2 heterocycles. The van der Waals surface area contributed by atoms with E-state index in [1.54, 1.807) is 0 Å². The molecule has 0 saturated carbocycles. The lowest BCUT2D eigenvalue weighted by Crippen LogP contribution is -2.33. The number of hydrogen-bond donors (Lipinski definition) is 0. The first kappa shape index (κ1) is 13.3. The van der Waals surface area contributed by atoms with Crippen molar-refractivity contribution in [2.24, 2.45) is 0 Å². The van der Waals surface area contributed by atoms with E-state index in [1.165, 1.54) is 16.7 Å². The molecular formula is C19H18N2O. The van der Waals surface area contributed by atoms with Gasteiger partial charge in [-0.2, -0.15) is 0 Å². The molecule has 0 saturated heterocycles. The predicted molar refractivity (Wildman–Crippen MR) is 85.3 cm³/mol. The van der Waals surface area contributed by atoms with Gasteiger partial charge in [0.1, 0.15) is 5.60 Å². The average Bonchev–Trinajstić information content (AvgIpc) is 3.18. The normalized spacial score (nSPS) is 20.0. The lowest BCUT2D eigenvalue weighted by molar-refractivity contribution is -0.0506. The quantitative estimate of drug-likeness (QED) is 0.734. The third-order valence-corrected chi connectivity index (χ3v) is 4.34. The van der Waals surface area contributed by atoms with E-state index in [2.05, 4.69) is 64.1 Å². The van der Waals surface area contributed by atoms with Crippen molar-refractivity contribution in [3.8, 4) is 0 Å². The van der Waals surface area contributed by atoms with Crippen molar-refractivity contribution >= 4 is 0 Å². The molecule has 3 heteroatoms. The smallest absolute Gasteiger partial charge is 0.116 e. The maximum absolute atomic E-state index is 6.34. The number of benzene rings is 2. The number of fused-ring (bicyclic) bond motifs is 1. The number of aromatic nitrogens is 2. The third-order valence-electron chi connectivity index (χ3n) is 4.34. The van der Waals surface area contributed by atoms with Crippen molar-refractivity contribution < 1.29 is 4.74 Å². The van der Waals surface area contributed by atoms with Crippen molar-refractivity contribution in [3.05, 3.63) is 90.0 Å². The van der Waals surface area contributed by atoms with Crippen molar-refractivity contribution in [2.45, 2.75) is 25.2 Å². The van der Waals surface area contributed by atoms with E-state index >= 15 is 0 Å². The molecule has 1 unspecified atom stereocenters. The molecule has 22 heavy (non-hydrogen) atoms. The Morgan fingerprint density at radius 3 is 2.68 bits per heavy atom. The molecule has 0 amide bonds. The fraction of sp³-hybridized carbons (Fsp3) is 0.211. The van der Waals surface area contributed by atoms with Crippen LogP contribution in [0.5, 0.6) is 0 Å². The van der Waals surface area contributed by atoms with Gasteiger partial charge in [-0.1, -0.05) is 54.6 Å². The Balaban J connectivity index is 1.75. The van der Waals surface area contributed by atoms with E-state index in [0.717, 1.165) is 13.0 Å². The van der Waals surface area contributed by atoms with Crippen LogP contribution >= 0.6 is 0 Å². The molecule has 3 nitrogen and oxygen atoms in total. The van der Waals surface area contributed by atoms with Gasteiger partial charge in [0, 0.05) is 18.8 Å². The zero-order valence-electron chi connectivity index (χ0n) is 12.4. The molecule has 1 atom stereocenters. The second-order valence-electron chi connectivity index (χ2n) is 5.84. The lowest BCUT2D eigenvalue weighted by Gasteiger charge is -2.30. The zero-order chi connectivity index (χ0) is 14.8. The number of hydrogen-bond acceptors (Lipinski definition) is 2. The molecule has 0 radical (unpaired) electrons. The van der Waals surface area contributed by atoms with E-state index in [4.69, 9.17) is 4.74 Å². The minimum atomic E-state index is -0.321. The summed E-state index contributed by atoms with van der Waals surface area (Å²) < 4.78 is 8.44. The Morgan fingerprint density at radius 2 is 1.86 bits per heavy atom. The van der Waals surface area contributed by atoms with E-state index in [1.807, 2.05) is 18.7 Å². The fourth-order valence-corrected chi connectivity index (χ4v) is 3.32. The summed E-state index contributed by atoms with van der Waals surface area (Å²) in [7, 11) is 0. The average molecular weight is 290 g/mol. The molecular weight excluding hydrogens is 272 g/mol.